The maximum Gasteiger partial charge on any atom is 0.265 e. The molecule has 6 heteroatoms. The van der Waals surface area contributed by atoms with E-state index in [-0.39, 0.29) is 17.9 Å². The molecule has 1 aromatic carbocycles. The number of rotatable bonds is 2. The van der Waals surface area contributed by atoms with Crippen LogP contribution in [-0.4, -0.2) is 53.4 Å². The summed E-state index contributed by atoms with van der Waals surface area (Å²) in [5, 5.41) is 1.08. The zero-order valence-electron chi connectivity index (χ0n) is 11.9. The molecule has 1 saturated heterocycles. The monoisotopic (exact) mass is 320 g/mol. The fourth-order valence-corrected chi connectivity index (χ4v) is 4.54. The van der Waals surface area contributed by atoms with Crippen LogP contribution in [0.25, 0.3) is 10.1 Å². The second-order valence-electron chi connectivity index (χ2n) is 5.17. The Morgan fingerprint density at radius 2 is 2.05 bits per heavy atom. The van der Waals surface area contributed by atoms with Crippen LogP contribution in [-0.2, 0) is 4.79 Å². The van der Waals surface area contributed by atoms with Gasteiger partial charge in [-0.3, -0.25) is 9.59 Å². The van der Waals surface area contributed by atoms with Gasteiger partial charge in [0, 0.05) is 24.5 Å². The normalized spacial score (nSPS) is 18.2. The first kappa shape index (κ1) is 14.4. The lowest BCUT2D eigenvalue weighted by molar-refractivity contribution is -0.132. The van der Waals surface area contributed by atoms with E-state index >= 15 is 0 Å². The van der Waals surface area contributed by atoms with Gasteiger partial charge in [-0.05, 0) is 17.5 Å². The number of carbonyl (C=O) groups is 2. The second kappa shape index (κ2) is 5.69. The Balaban J connectivity index is 1.88. The van der Waals surface area contributed by atoms with Crippen molar-refractivity contribution in [3.63, 3.8) is 0 Å². The molecule has 0 spiro atoms. The van der Waals surface area contributed by atoms with Gasteiger partial charge < -0.3 is 9.80 Å². The maximum atomic E-state index is 12.7. The lowest BCUT2D eigenvalue weighted by Crippen LogP contribution is -2.46. The van der Waals surface area contributed by atoms with Gasteiger partial charge in [0.2, 0.25) is 5.91 Å². The Labute approximate surface area is 131 Å². The van der Waals surface area contributed by atoms with Crippen molar-refractivity contribution >= 4 is 45.0 Å². The van der Waals surface area contributed by atoms with Crippen LogP contribution in [0.1, 0.15) is 9.67 Å². The molecule has 1 aromatic heterocycles. The molecule has 0 saturated carbocycles. The topological polar surface area (TPSA) is 40.6 Å². The quantitative estimate of drug-likeness (QED) is 0.854. The summed E-state index contributed by atoms with van der Waals surface area (Å²) in [7, 11) is 3.46. The Bertz CT molecular complexity index is 663. The van der Waals surface area contributed by atoms with Gasteiger partial charge in [0.1, 0.15) is 6.04 Å². The molecule has 3 rings (SSSR count). The lowest BCUT2D eigenvalue weighted by Gasteiger charge is -2.24. The molecule has 1 fully saturated rings. The molecular formula is C15H16N2O2S2. The lowest BCUT2D eigenvalue weighted by atomic mass is 10.2. The van der Waals surface area contributed by atoms with Crippen molar-refractivity contribution in [3.05, 3.63) is 35.2 Å². The van der Waals surface area contributed by atoms with Gasteiger partial charge in [0.25, 0.3) is 5.91 Å². The van der Waals surface area contributed by atoms with Crippen molar-refractivity contribution < 1.29 is 9.59 Å². The number of hydrogen-bond donors (Lipinski definition) is 0. The summed E-state index contributed by atoms with van der Waals surface area (Å²) in [6.45, 7) is 0. The van der Waals surface area contributed by atoms with Gasteiger partial charge >= 0.3 is 0 Å². The zero-order chi connectivity index (χ0) is 15.0. The summed E-state index contributed by atoms with van der Waals surface area (Å²) in [5.74, 6) is 1.21. The number of thiophene rings is 1. The minimum Gasteiger partial charge on any atom is -0.347 e. The smallest absolute Gasteiger partial charge is 0.265 e. The first-order valence-electron chi connectivity index (χ1n) is 6.66. The number of nitrogens with zero attached hydrogens (tertiary/aromatic N) is 2. The number of thioether (sulfide) groups is 1. The van der Waals surface area contributed by atoms with Gasteiger partial charge in [0.15, 0.2) is 0 Å². The van der Waals surface area contributed by atoms with Crippen molar-refractivity contribution in [2.24, 2.45) is 0 Å². The Kier molecular flexibility index (Phi) is 3.91. The van der Waals surface area contributed by atoms with Crippen LogP contribution in [0.3, 0.4) is 0 Å². The van der Waals surface area contributed by atoms with Crippen LogP contribution in [0.4, 0.5) is 0 Å². The molecule has 2 aromatic rings. The molecule has 1 unspecified atom stereocenters. The highest BCUT2D eigenvalue weighted by atomic mass is 32.2. The summed E-state index contributed by atoms with van der Waals surface area (Å²) in [5.41, 5.74) is 0. The van der Waals surface area contributed by atoms with Gasteiger partial charge in [-0.1, -0.05) is 18.2 Å². The van der Waals surface area contributed by atoms with Crippen molar-refractivity contribution in [1.82, 2.24) is 9.80 Å². The summed E-state index contributed by atoms with van der Waals surface area (Å²) in [6.07, 6.45) is 0. The number of hydrogen-bond acceptors (Lipinski definition) is 4. The molecule has 0 aliphatic carbocycles. The van der Waals surface area contributed by atoms with E-state index in [1.807, 2.05) is 30.3 Å². The third kappa shape index (κ3) is 2.65. The highest BCUT2D eigenvalue weighted by molar-refractivity contribution is 7.99. The van der Waals surface area contributed by atoms with Gasteiger partial charge in [-0.15, -0.1) is 23.1 Å². The maximum absolute atomic E-state index is 12.7. The molecule has 21 heavy (non-hydrogen) atoms. The van der Waals surface area contributed by atoms with E-state index in [9.17, 15) is 9.59 Å². The summed E-state index contributed by atoms with van der Waals surface area (Å²) >= 11 is 3.12. The average Bonchev–Trinajstić information content (AvgIpc) is 3.11. The highest BCUT2D eigenvalue weighted by Crippen LogP contribution is 2.30. The number of likely N-dealkylation sites (N-methyl/N-ethyl adjacent to an activating group) is 1. The average molecular weight is 320 g/mol. The molecule has 2 amide bonds. The van der Waals surface area contributed by atoms with Crippen LogP contribution >= 0.6 is 23.1 Å². The Hall–Kier alpha value is -1.53. The van der Waals surface area contributed by atoms with Gasteiger partial charge in [0.05, 0.1) is 10.8 Å². The zero-order valence-corrected chi connectivity index (χ0v) is 13.5. The fraction of sp³-hybridized carbons (Fsp3) is 0.333. The van der Waals surface area contributed by atoms with Crippen LogP contribution in [0.5, 0.6) is 0 Å². The Morgan fingerprint density at radius 3 is 2.76 bits per heavy atom. The standard InChI is InChI=1S/C15H16N2O2S2/c1-16(2)14(18)11-8-20-9-17(11)15(19)13-7-10-5-3-4-6-12(10)21-13/h3-7,11H,8-9H2,1-2H3. The molecule has 0 N–H and O–H groups in total. The van der Waals surface area contributed by atoms with E-state index in [1.165, 1.54) is 11.3 Å². The number of fused-ring (bicyclic) bond motifs is 1. The fourth-order valence-electron chi connectivity index (χ4n) is 2.37. The molecule has 4 nitrogen and oxygen atoms in total. The minimum atomic E-state index is -0.345. The van der Waals surface area contributed by atoms with Crippen LogP contribution in [0, 0.1) is 0 Å². The third-order valence-corrected chi connectivity index (χ3v) is 5.62. The molecule has 1 atom stereocenters. The number of benzene rings is 1. The van der Waals surface area contributed by atoms with Crippen LogP contribution in [0.2, 0.25) is 0 Å². The SMILES string of the molecule is CN(C)C(=O)C1CSCN1C(=O)c1cc2ccccc2s1. The Morgan fingerprint density at radius 1 is 1.29 bits per heavy atom. The van der Waals surface area contributed by atoms with Crippen molar-refractivity contribution in [3.8, 4) is 0 Å². The highest BCUT2D eigenvalue weighted by Gasteiger charge is 2.36. The van der Waals surface area contributed by atoms with Gasteiger partial charge in [-0.25, -0.2) is 0 Å². The van der Waals surface area contributed by atoms with Crippen molar-refractivity contribution in [1.29, 1.82) is 0 Å². The first-order valence-corrected chi connectivity index (χ1v) is 8.63. The minimum absolute atomic E-state index is 0.00513. The first-order chi connectivity index (χ1) is 10.1. The second-order valence-corrected chi connectivity index (χ2v) is 7.26. The molecule has 1 aliphatic rings. The van der Waals surface area contributed by atoms with Crippen molar-refractivity contribution in [2.75, 3.05) is 25.7 Å². The van der Waals surface area contributed by atoms with E-state index in [0.29, 0.717) is 16.5 Å². The van der Waals surface area contributed by atoms with E-state index in [4.69, 9.17) is 0 Å². The molecule has 2 heterocycles. The van der Waals surface area contributed by atoms with E-state index in [2.05, 4.69) is 0 Å². The van der Waals surface area contributed by atoms with E-state index < -0.39 is 0 Å². The van der Waals surface area contributed by atoms with Gasteiger partial charge in [-0.2, -0.15) is 0 Å². The van der Waals surface area contributed by atoms with E-state index in [0.717, 1.165) is 10.1 Å². The number of carbonyl (C=O) groups excluding carboxylic acids is 2. The molecular weight excluding hydrogens is 304 g/mol. The number of amides is 2. The third-order valence-electron chi connectivity index (χ3n) is 3.51. The predicted octanol–water partition coefficient (Wildman–Crippen LogP) is 2.50. The van der Waals surface area contributed by atoms with Crippen LogP contribution < -0.4 is 0 Å². The van der Waals surface area contributed by atoms with Crippen LogP contribution in [0.15, 0.2) is 30.3 Å². The summed E-state index contributed by atoms with van der Waals surface area (Å²) < 4.78 is 1.10. The summed E-state index contributed by atoms with van der Waals surface area (Å²) in [6, 6.07) is 9.53. The molecule has 0 bridgehead atoms. The molecule has 110 valence electrons. The molecule has 0 radical (unpaired) electrons. The predicted molar refractivity (Wildman–Crippen MR) is 87.8 cm³/mol. The van der Waals surface area contributed by atoms with Crippen molar-refractivity contribution in [2.45, 2.75) is 6.04 Å². The van der Waals surface area contributed by atoms with E-state index in [1.54, 1.807) is 35.7 Å². The summed E-state index contributed by atoms with van der Waals surface area (Å²) in [4.78, 5) is 28.8. The largest absolute Gasteiger partial charge is 0.347 e. The molecule has 1 aliphatic heterocycles.